The molecule has 1 aromatic carbocycles. The number of aryl methyl sites for hydroxylation is 5. The fourth-order valence-corrected chi connectivity index (χ4v) is 4.36. The smallest absolute Gasteiger partial charge is 0.252 e. The van der Waals surface area contributed by atoms with Gasteiger partial charge in [0.25, 0.3) is 5.78 Å². The molecule has 0 unspecified atom stereocenters. The fourth-order valence-electron chi connectivity index (χ4n) is 3.63. The Morgan fingerprint density at radius 1 is 1.07 bits per heavy atom. The van der Waals surface area contributed by atoms with E-state index in [4.69, 9.17) is 0 Å². The lowest BCUT2D eigenvalue weighted by atomic mass is 9.99. The van der Waals surface area contributed by atoms with Crippen LogP contribution in [0.15, 0.2) is 23.8 Å². The highest BCUT2D eigenvalue weighted by atomic mass is 32.1. The number of anilines is 1. The van der Waals surface area contributed by atoms with Gasteiger partial charge in [-0.3, -0.25) is 4.79 Å². The highest BCUT2D eigenvalue weighted by Crippen LogP contribution is 2.29. The van der Waals surface area contributed by atoms with Crippen molar-refractivity contribution in [3.8, 4) is 11.3 Å². The van der Waals surface area contributed by atoms with Crippen molar-refractivity contribution < 1.29 is 4.79 Å². The Morgan fingerprint density at radius 3 is 2.63 bits per heavy atom. The second kappa shape index (κ2) is 7.95. The van der Waals surface area contributed by atoms with Gasteiger partial charge >= 0.3 is 0 Å². The Labute approximate surface area is 179 Å². The highest BCUT2D eigenvalue weighted by molar-refractivity contribution is 7.14. The number of nitrogens with one attached hydrogen (secondary N) is 1. The summed E-state index contributed by atoms with van der Waals surface area (Å²) in [5.74, 6) is 0.514. The van der Waals surface area contributed by atoms with Gasteiger partial charge in [-0.25, -0.2) is 14.5 Å². The molecule has 0 aliphatic rings. The predicted molar refractivity (Wildman–Crippen MR) is 119 cm³/mol. The zero-order valence-electron chi connectivity index (χ0n) is 17.8. The average Bonchev–Trinajstić information content (AvgIpc) is 3.34. The Bertz CT molecular complexity index is 1260. The van der Waals surface area contributed by atoms with E-state index < -0.39 is 0 Å². The van der Waals surface area contributed by atoms with E-state index in [0.29, 0.717) is 23.8 Å². The molecule has 0 spiro atoms. The van der Waals surface area contributed by atoms with Crippen LogP contribution in [0.5, 0.6) is 0 Å². The van der Waals surface area contributed by atoms with E-state index in [1.807, 2.05) is 19.2 Å². The van der Waals surface area contributed by atoms with Crippen molar-refractivity contribution in [1.82, 2.24) is 24.6 Å². The predicted octanol–water partition coefficient (Wildman–Crippen LogP) is 4.36. The van der Waals surface area contributed by atoms with E-state index in [-0.39, 0.29) is 5.91 Å². The third kappa shape index (κ3) is 3.82. The first-order valence-corrected chi connectivity index (χ1v) is 10.7. The van der Waals surface area contributed by atoms with Gasteiger partial charge in [0.15, 0.2) is 5.13 Å². The van der Waals surface area contributed by atoms with Gasteiger partial charge in [-0.1, -0.05) is 6.07 Å². The van der Waals surface area contributed by atoms with Crippen LogP contribution < -0.4 is 5.32 Å². The van der Waals surface area contributed by atoms with Crippen LogP contribution in [0, 0.1) is 34.6 Å². The highest BCUT2D eigenvalue weighted by Gasteiger charge is 2.14. The van der Waals surface area contributed by atoms with Crippen molar-refractivity contribution in [2.45, 2.75) is 47.5 Å². The maximum atomic E-state index is 12.5. The number of nitrogens with zero attached hydrogens (tertiary/aromatic N) is 5. The van der Waals surface area contributed by atoms with Crippen molar-refractivity contribution in [1.29, 1.82) is 0 Å². The van der Waals surface area contributed by atoms with Crippen LogP contribution >= 0.6 is 11.3 Å². The Balaban J connectivity index is 1.45. The number of rotatable bonds is 5. The zero-order chi connectivity index (χ0) is 21.4. The number of carbonyl (C=O) groups is 1. The summed E-state index contributed by atoms with van der Waals surface area (Å²) in [4.78, 5) is 25.8. The van der Waals surface area contributed by atoms with Crippen LogP contribution in [0.2, 0.25) is 0 Å². The molecule has 4 aromatic rings. The first-order valence-electron chi connectivity index (χ1n) is 9.83. The topological polar surface area (TPSA) is 85.1 Å². The third-order valence-corrected chi connectivity index (χ3v) is 6.22. The van der Waals surface area contributed by atoms with Crippen LogP contribution in [0.1, 0.15) is 40.1 Å². The normalized spacial score (nSPS) is 11.2. The molecule has 4 rings (SSSR count). The van der Waals surface area contributed by atoms with Crippen LogP contribution in [0.25, 0.3) is 17.0 Å². The summed E-state index contributed by atoms with van der Waals surface area (Å²) < 4.78 is 1.71. The molecule has 154 valence electrons. The van der Waals surface area contributed by atoms with Crippen LogP contribution in [0.4, 0.5) is 5.13 Å². The lowest BCUT2D eigenvalue weighted by Gasteiger charge is -2.10. The lowest BCUT2D eigenvalue weighted by Crippen LogP contribution is -2.14. The molecular formula is C22H24N6OS. The summed E-state index contributed by atoms with van der Waals surface area (Å²) in [5, 5.41) is 9.74. The number of carbonyl (C=O) groups excluding carboxylic acids is 1. The molecule has 0 radical (unpaired) electrons. The summed E-state index contributed by atoms with van der Waals surface area (Å²) in [7, 11) is 0. The monoisotopic (exact) mass is 420 g/mol. The van der Waals surface area contributed by atoms with Gasteiger partial charge in [0.05, 0.1) is 5.69 Å². The van der Waals surface area contributed by atoms with E-state index in [9.17, 15) is 4.79 Å². The molecule has 7 nitrogen and oxygen atoms in total. The van der Waals surface area contributed by atoms with E-state index in [1.54, 1.807) is 4.52 Å². The minimum atomic E-state index is -0.0646. The molecule has 1 N–H and O–H groups in total. The van der Waals surface area contributed by atoms with Crippen molar-refractivity contribution in [2.24, 2.45) is 0 Å². The SMILES string of the molecule is Cc1cc(C)c(-c2csc(NC(=O)CCc3c(C)nc4ncnn4c3C)n2)cc1C. The molecule has 0 aliphatic heterocycles. The van der Waals surface area contributed by atoms with E-state index in [0.717, 1.165) is 28.2 Å². The quantitative estimate of drug-likeness (QED) is 0.518. The first kappa shape index (κ1) is 20.2. The van der Waals surface area contributed by atoms with Gasteiger partial charge < -0.3 is 5.32 Å². The minimum absolute atomic E-state index is 0.0646. The number of aromatic nitrogens is 5. The van der Waals surface area contributed by atoms with Crippen molar-refractivity contribution in [3.63, 3.8) is 0 Å². The molecule has 0 bridgehead atoms. The minimum Gasteiger partial charge on any atom is -0.302 e. The number of benzene rings is 1. The molecule has 30 heavy (non-hydrogen) atoms. The Hall–Kier alpha value is -3.13. The number of fused-ring (bicyclic) bond motifs is 1. The van der Waals surface area contributed by atoms with E-state index >= 15 is 0 Å². The fraction of sp³-hybridized carbons (Fsp3) is 0.318. The molecule has 1 amide bonds. The second-order valence-electron chi connectivity index (χ2n) is 7.57. The van der Waals surface area contributed by atoms with Crippen molar-refractivity contribution in [2.75, 3.05) is 5.32 Å². The van der Waals surface area contributed by atoms with Crippen LogP contribution in [-0.4, -0.2) is 30.5 Å². The van der Waals surface area contributed by atoms with Gasteiger partial charge in [-0.2, -0.15) is 10.1 Å². The van der Waals surface area contributed by atoms with E-state index in [2.05, 4.69) is 58.3 Å². The van der Waals surface area contributed by atoms with Crippen molar-refractivity contribution >= 4 is 28.2 Å². The summed E-state index contributed by atoms with van der Waals surface area (Å²) in [6.07, 6.45) is 2.42. The first-order chi connectivity index (χ1) is 14.3. The number of amides is 1. The summed E-state index contributed by atoms with van der Waals surface area (Å²) in [6, 6.07) is 4.33. The third-order valence-electron chi connectivity index (χ3n) is 5.46. The Morgan fingerprint density at radius 2 is 1.83 bits per heavy atom. The van der Waals surface area contributed by atoms with Crippen LogP contribution in [-0.2, 0) is 11.2 Å². The second-order valence-corrected chi connectivity index (χ2v) is 8.43. The lowest BCUT2D eigenvalue weighted by molar-refractivity contribution is -0.116. The molecule has 8 heteroatoms. The van der Waals surface area contributed by atoms with Crippen molar-refractivity contribution in [3.05, 3.63) is 57.5 Å². The molecule has 0 fully saturated rings. The maximum absolute atomic E-state index is 12.5. The molecule has 3 heterocycles. The standard InChI is InChI=1S/C22H24N6OS/c1-12-8-14(3)18(9-13(12)2)19-10-30-22(26-19)27-20(29)7-6-17-15(4)25-21-23-11-24-28(21)16(17)5/h8-11H,6-7H2,1-5H3,(H,26,27,29). The Kier molecular flexibility index (Phi) is 5.34. The number of thiazole rings is 1. The average molecular weight is 421 g/mol. The molecular weight excluding hydrogens is 396 g/mol. The van der Waals surface area contributed by atoms with E-state index in [1.165, 1.54) is 34.4 Å². The molecule has 0 saturated heterocycles. The van der Waals surface area contributed by atoms with Gasteiger partial charge in [0.1, 0.15) is 6.33 Å². The zero-order valence-corrected chi connectivity index (χ0v) is 18.6. The summed E-state index contributed by atoms with van der Waals surface area (Å²) in [5.41, 5.74) is 8.54. The number of hydrogen-bond acceptors (Lipinski definition) is 6. The summed E-state index contributed by atoms with van der Waals surface area (Å²) in [6.45, 7) is 10.2. The molecule has 3 aromatic heterocycles. The molecule has 0 atom stereocenters. The maximum Gasteiger partial charge on any atom is 0.252 e. The molecule has 0 aliphatic carbocycles. The van der Waals surface area contributed by atoms with Gasteiger partial charge in [0, 0.05) is 28.8 Å². The van der Waals surface area contributed by atoms with Gasteiger partial charge in [0.2, 0.25) is 5.91 Å². The largest absolute Gasteiger partial charge is 0.302 e. The van der Waals surface area contributed by atoms with Gasteiger partial charge in [-0.05, 0) is 69.4 Å². The summed E-state index contributed by atoms with van der Waals surface area (Å²) >= 11 is 1.44. The molecule has 0 saturated carbocycles. The van der Waals surface area contributed by atoms with Gasteiger partial charge in [-0.15, -0.1) is 11.3 Å². The number of hydrogen-bond donors (Lipinski definition) is 1. The van der Waals surface area contributed by atoms with Crippen LogP contribution in [0.3, 0.4) is 0 Å².